The van der Waals surface area contributed by atoms with Crippen molar-refractivity contribution in [2.75, 3.05) is 22.8 Å². The maximum absolute atomic E-state index is 13.3. The van der Waals surface area contributed by atoms with E-state index >= 15 is 0 Å². The van der Waals surface area contributed by atoms with E-state index in [1.165, 1.54) is 33.4 Å². The van der Waals surface area contributed by atoms with Crippen LogP contribution >= 0.6 is 0 Å². The molecule has 15 heteroatoms. The van der Waals surface area contributed by atoms with Crippen molar-refractivity contribution < 1.29 is 45.2 Å². The number of benzene rings is 1. The van der Waals surface area contributed by atoms with Crippen molar-refractivity contribution in [3.63, 3.8) is 0 Å². The van der Waals surface area contributed by atoms with Crippen LogP contribution in [0.3, 0.4) is 0 Å². The Labute approximate surface area is 193 Å². The van der Waals surface area contributed by atoms with E-state index in [2.05, 4.69) is 19.9 Å². The van der Waals surface area contributed by atoms with Gasteiger partial charge < -0.3 is 14.2 Å². The highest BCUT2D eigenvalue weighted by atomic mass is 32.2. The van der Waals surface area contributed by atoms with Gasteiger partial charge in [0, 0.05) is 18.4 Å². The molecule has 0 saturated carbocycles. The van der Waals surface area contributed by atoms with Crippen molar-refractivity contribution in [3.05, 3.63) is 24.4 Å². The van der Waals surface area contributed by atoms with Crippen molar-refractivity contribution in [2.45, 2.75) is 50.6 Å². The van der Waals surface area contributed by atoms with Crippen molar-refractivity contribution in [1.82, 2.24) is 9.78 Å². The van der Waals surface area contributed by atoms with E-state index in [4.69, 9.17) is 4.74 Å². The molecular weight excluding hydrogens is 491 g/mol. The van der Waals surface area contributed by atoms with Gasteiger partial charge in [0.15, 0.2) is 11.0 Å². The van der Waals surface area contributed by atoms with Gasteiger partial charge in [-0.05, 0) is 39.0 Å². The topological polar surface area (TPSA) is 94.9 Å². The van der Waals surface area contributed by atoms with E-state index in [0.29, 0.717) is 20.4 Å². The molecule has 1 aromatic heterocycles. The second-order valence-electron chi connectivity index (χ2n) is 7.44. The van der Waals surface area contributed by atoms with Gasteiger partial charge in [-0.3, -0.25) is 14.3 Å². The molecule has 1 aromatic carbocycles. The molecule has 1 amide bonds. The number of aromatic nitrogens is 2. The second-order valence-corrected chi connectivity index (χ2v) is 8.82. The first kappa shape index (κ1) is 25.5. The zero-order valence-electron chi connectivity index (χ0n) is 18.2. The number of ether oxygens (including phenoxy) is 3. The van der Waals surface area contributed by atoms with E-state index < -0.39 is 41.3 Å². The first-order chi connectivity index (χ1) is 15.8. The van der Waals surface area contributed by atoms with E-state index in [0.717, 1.165) is 0 Å². The molecule has 0 radical (unpaired) electrons. The zero-order valence-corrected chi connectivity index (χ0v) is 19.0. The number of nitrogens with zero attached hydrogens (tertiary/aromatic N) is 3. The SMILES string of the molecule is CCn1cc(S(=O)N2CCOc3ccc(NC(=O)OC(C)(C)C(F)(F)F)cc32)c(OC(F)F)n1. The first-order valence-corrected chi connectivity index (χ1v) is 11.0. The molecule has 1 N–H and O–H groups in total. The van der Waals surface area contributed by atoms with Crippen molar-refractivity contribution in [3.8, 4) is 11.6 Å². The average Bonchev–Trinajstić information content (AvgIpc) is 3.13. The summed E-state index contributed by atoms with van der Waals surface area (Å²) >= 11 is 0. The van der Waals surface area contributed by atoms with Gasteiger partial charge >= 0.3 is 18.9 Å². The maximum atomic E-state index is 13.3. The summed E-state index contributed by atoms with van der Waals surface area (Å²) in [6.07, 6.45) is -4.84. The number of anilines is 2. The number of carbonyl (C=O) groups is 1. The number of carbonyl (C=O) groups excluding carboxylic acids is 1. The van der Waals surface area contributed by atoms with Gasteiger partial charge in [-0.2, -0.15) is 22.0 Å². The van der Waals surface area contributed by atoms with Crippen LogP contribution in [0.1, 0.15) is 20.8 Å². The summed E-state index contributed by atoms with van der Waals surface area (Å²) in [5.74, 6) is -0.246. The molecule has 0 bridgehead atoms. The third-order valence-electron chi connectivity index (χ3n) is 4.67. The molecule has 0 saturated heterocycles. The molecule has 1 atom stereocenters. The molecular formula is C19H21F5N4O5S. The predicted molar refractivity (Wildman–Crippen MR) is 110 cm³/mol. The number of rotatable bonds is 7. The molecule has 0 aliphatic carbocycles. The van der Waals surface area contributed by atoms with Crippen molar-refractivity contribution >= 4 is 28.5 Å². The summed E-state index contributed by atoms with van der Waals surface area (Å²) < 4.78 is 94.8. The monoisotopic (exact) mass is 512 g/mol. The Hall–Kier alpha value is -3.10. The van der Waals surface area contributed by atoms with Crippen LogP contribution in [0.25, 0.3) is 0 Å². The molecule has 2 heterocycles. The maximum Gasteiger partial charge on any atom is 0.427 e. The van der Waals surface area contributed by atoms with Crippen LogP contribution in [0.2, 0.25) is 0 Å². The number of halogens is 5. The van der Waals surface area contributed by atoms with Crippen LogP contribution < -0.4 is 19.1 Å². The van der Waals surface area contributed by atoms with Gasteiger partial charge in [0.1, 0.15) is 17.3 Å². The van der Waals surface area contributed by atoms with Crippen LogP contribution in [-0.2, 0) is 22.3 Å². The lowest BCUT2D eigenvalue weighted by molar-refractivity contribution is -0.242. The molecule has 34 heavy (non-hydrogen) atoms. The number of fused-ring (bicyclic) bond motifs is 1. The van der Waals surface area contributed by atoms with Gasteiger partial charge in [0.25, 0.3) is 5.88 Å². The lowest BCUT2D eigenvalue weighted by Gasteiger charge is -2.30. The molecule has 3 rings (SSSR count). The normalized spacial score (nSPS) is 14.9. The third-order valence-corrected chi connectivity index (χ3v) is 6.10. The molecule has 1 aliphatic rings. The number of hydrogen-bond acceptors (Lipinski definition) is 6. The fourth-order valence-electron chi connectivity index (χ4n) is 2.83. The standard InChI is InChI=1S/C19H21F5N4O5S/c1-4-27-10-14(15(26-27)32-16(20)21)34(30)28-7-8-31-13-6-5-11(9-12(13)28)25-17(29)33-18(2,3)19(22,23)24/h5-6,9-10,16H,4,7-8H2,1-3H3,(H,25,29). The summed E-state index contributed by atoms with van der Waals surface area (Å²) in [4.78, 5) is 11.9. The quantitative estimate of drug-likeness (QED) is 0.556. The molecule has 1 unspecified atom stereocenters. The second kappa shape index (κ2) is 9.64. The summed E-state index contributed by atoms with van der Waals surface area (Å²) in [5, 5.41) is 6.04. The number of amides is 1. The minimum atomic E-state index is -4.79. The minimum Gasteiger partial charge on any atom is -0.489 e. The highest BCUT2D eigenvalue weighted by Gasteiger charge is 2.51. The molecule has 2 aromatic rings. The smallest absolute Gasteiger partial charge is 0.427 e. The summed E-state index contributed by atoms with van der Waals surface area (Å²) in [7, 11) is -2.07. The molecule has 0 fully saturated rings. The number of alkyl halides is 5. The fourth-order valence-corrected chi connectivity index (χ4v) is 4.08. The Balaban J connectivity index is 1.86. The zero-order chi connectivity index (χ0) is 25.3. The third kappa shape index (κ3) is 5.51. The lowest BCUT2D eigenvalue weighted by atomic mass is 10.1. The highest BCUT2D eigenvalue weighted by molar-refractivity contribution is 7.86. The Morgan fingerprint density at radius 1 is 1.32 bits per heavy atom. The van der Waals surface area contributed by atoms with Gasteiger partial charge in [0.2, 0.25) is 5.60 Å². The first-order valence-electron chi connectivity index (χ1n) is 9.87. The summed E-state index contributed by atoms with van der Waals surface area (Å²) in [6.45, 7) is 0.408. The number of aryl methyl sites for hydroxylation is 1. The van der Waals surface area contributed by atoms with E-state index in [1.807, 2.05) is 0 Å². The minimum absolute atomic E-state index is 0.0301. The Kier molecular flexibility index (Phi) is 7.24. The lowest BCUT2D eigenvalue weighted by Crippen LogP contribution is -2.44. The Morgan fingerprint density at radius 3 is 2.65 bits per heavy atom. The molecule has 188 valence electrons. The van der Waals surface area contributed by atoms with Gasteiger partial charge in [-0.25, -0.2) is 9.00 Å². The predicted octanol–water partition coefficient (Wildman–Crippen LogP) is 4.32. The van der Waals surface area contributed by atoms with E-state index in [9.17, 15) is 31.0 Å². The van der Waals surface area contributed by atoms with Crippen LogP contribution in [0, 0.1) is 0 Å². The van der Waals surface area contributed by atoms with E-state index in [-0.39, 0.29) is 35.2 Å². The molecule has 0 spiro atoms. The highest BCUT2D eigenvalue weighted by Crippen LogP contribution is 2.38. The number of hydrogen-bond donors (Lipinski definition) is 1. The Bertz CT molecular complexity index is 1080. The number of nitrogens with one attached hydrogen (secondary N) is 1. The van der Waals surface area contributed by atoms with Gasteiger partial charge in [-0.15, -0.1) is 5.10 Å². The van der Waals surface area contributed by atoms with Gasteiger partial charge in [-0.1, -0.05) is 0 Å². The Morgan fingerprint density at radius 2 is 2.03 bits per heavy atom. The van der Waals surface area contributed by atoms with Crippen molar-refractivity contribution in [1.29, 1.82) is 0 Å². The summed E-state index contributed by atoms with van der Waals surface area (Å²) in [5.41, 5.74) is -2.50. The molecule has 1 aliphatic heterocycles. The largest absolute Gasteiger partial charge is 0.489 e. The van der Waals surface area contributed by atoms with E-state index in [1.54, 1.807) is 6.92 Å². The van der Waals surface area contributed by atoms with Crippen molar-refractivity contribution in [2.24, 2.45) is 0 Å². The fraction of sp³-hybridized carbons (Fsp3) is 0.474. The van der Waals surface area contributed by atoms with Crippen LogP contribution in [0.15, 0.2) is 29.3 Å². The molecule has 9 nitrogen and oxygen atoms in total. The summed E-state index contributed by atoms with van der Waals surface area (Å²) in [6, 6.07) is 4.08. The van der Waals surface area contributed by atoms with Crippen LogP contribution in [-0.4, -0.2) is 51.6 Å². The van der Waals surface area contributed by atoms with Gasteiger partial charge in [0.05, 0.1) is 12.2 Å². The average molecular weight is 512 g/mol. The van der Waals surface area contributed by atoms with Crippen LogP contribution in [0.4, 0.5) is 38.1 Å². The van der Waals surface area contributed by atoms with Crippen LogP contribution in [0.5, 0.6) is 11.6 Å².